The van der Waals surface area contributed by atoms with Gasteiger partial charge in [-0.25, -0.2) is 4.79 Å². The van der Waals surface area contributed by atoms with Gasteiger partial charge in [0, 0.05) is 12.1 Å². The van der Waals surface area contributed by atoms with E-state index in [4.69, 9.17) is 5.73 Å². The van der Waals surface area contributed by atoms with Gasteiger partial charge in [0.05, 0.1) is 6.04 Å². The second-order valence-electron chi connectivity index (χ2n) is 14.5. The normalized spacial score (nSPS) is 26.2. The number of nitrogens with zero attached hydrogens (tertiary/aromatic N) is 1. The zero-order valence-electron chi connectivity index (χ0n) is 24.3. The lowest BCUT2D eigenvalue weighted by atomic mass is 9.80. The van der Waals surface area contributed by atoms with E-state index in [9.17, 15) is 24.0 Å². The van der Waals surface area contributed by atoms with Gasteiger partial charge < -0.3 is 26.6 Å². The van der Waals surface area contributed by atoms with E-state index >= 15 is 0 Å². The van der Waals surface area contributed by atoms with Crippen molar-refractivity contribution in [2.75, 3.05) is 6.54 Å². The number of ketones is 1. The molecule has 214 valence electrons. The lowest BCUT2D eigenvalue weighted by Gasteiger charge is -2.36. The van der Waals surface area contributed by atoms with E-state index in [0.717, 1.165) is 25.7 Å². The van der Waals surface area contributed by atoms with E-state index in [1.165, 1.54) is 0 Å². The summed E-state index contributed by atoms with van der Waals surface area (Å²) in [5, 5.41) is 8.47. The van der Waals surface area contributed by atoms with Crippen LogP contribution in [0.2, 0.25) is 0 Å². The zero-order chi connectivity index (χ0) is 28.8. The molecule has 1 heterocycles. The third-order valence-electron chi connectivity index (χ3n) is 8.66. The highest BCUT2D eigenvalue weighted by molar-refractivity contribution is 6.37. The van der Waals surface area contributed by atoms with Crippen LogP contribution in [0.1, 0.15) is 93.9 Å². The van der Waals surface area contributed by atoms with Crippen molar-refractivity contribution < 1.29 is 24.0 Å². The van der Waals surface area contributed by atoms with Crippen LogP contribution >= 0.6 is 0 Å². The number of hydrogen-bond donors (Lipinski definition) is 4. The van der Waals surface area contributed by atoms with Crippen molar-refractivity contribution in [2.45, 2.75) is 118 Å². The molecule has 1 unspecified atom stereocenters. The molecule has 0 aromatic heterocycles. The monoisotopic (exact) mass is 533 g/mol. The van der Waals surface area contributed by atoms with Gasteiger partial charge in [-0.3, -0.25) is 19.2 Å². The van der Waals surface area contributed by atoms with Crippen LogP contribution in [0.25, 0.3) is 0 Å². The predicted molar refractivity (Wildman–Crippen MR) is 144 cm³/mol. The van der Waals surface area contributed by atoms with Crippen molar-refractivity contribution in [3.05, 3.63) is 0 Å². The summed E-state index contributed by atoms with van der Waals surface area (Å²) in [6.45, 7) is 15.8. The summed E-state index contributed by atoms with van der Waals surface area (Å²) < 4.78 is 0. The fourth-order valence-corrected chi connectivity index (χ4v) is 5.92. The first-order valence-electron chi connectivity index (χ1n) is 13.8. The number of nitrogens with one attached hydrogen (secondary N) is 3. The molecule has 10 heteroatoms. The summed E-state index contributed by atoms with van der Waals surface area (Å²) in [4.78, 5) is 66.4. The molecule has 2 saturated carbocycles. The quantitative estimate of drug-likeness (QED) is 0.353. The fraction of sp³-hybridized carbons (Fsp3) is 0.821. The third-order valence-corrected chi connectivity index (χ3v) is 8.66. The molecule has 5 N–H and O–H groups in total. The van der Waals surface area contributed by atoms with Crippen LogP contribution in [-0.2, 0) is 19.2 Å². The molecule has 2 aliphatic carbocycles. The maximum Gasteiger partial charge on any atom is 0.315 e. The van der Waals surface area contributed by atoms with Gasteiger partial charge in [0.2, 0.25) is 17.6 Å². The summed E-state index contributed by atoms with van der Waals surface area (Å²) in [7, 11) is 0. The SMILES string of the molecule is CC(C)(C)NC(=O)N[C@H](C(=O)N1C[C@@]2(C[C@H]1C(=O)NC(CC1CCC1)C(=O)C(N)=O)CC2(C)C)C(C)(C)C. The number of primary amides is 1. The highest BCUT2D eigenvalue weighted by Crippen LogP contribution is 2.69. The van der Waals surface area contributed by atoms with Gasteiger partial charge in [0.15, 0.2) is 0 Å². The molecule has 10 nitrogen and oxygen atoms in total. The maximum absolute atomic E-state index is 14.1. The molecule has 3 fully saturated rings. The number of rotatable bonds is 8. The molecule has 38 heavy (non-hydrogen) atoms. The van der Waals surface area contributed by atoms with Gasteiger partial charge in [-0.1, -0.05) is 53.9 Å². The maximum atomic E-state index is 14.1. The molecule has 1 saturated heterocycles. The average molecular weight is 534 g/mol. The summed E-state index contributed by atoms with van der Waals surface area (Å²) in [5.41, 5.74) is 3.93. The Morgan fingerprint density at radius 2 is 1.58 bits per heavy atom. The van der Waals surface area contributed by atoms with Gasteiger partial charge in [-0.2, -0.15) is 0 Å². The second-order valence-corrected chi connectivity index (χ2v) is 14.5. The Hall–Kier alpha value is -2.65. The van der Waals surface area contributed by atoms with Crippen LogP contribution in [0.3, 0.4) is 0 Å². The third kappa shape index (κ3) is 6.49. The zero-order valence-corrected chi connectivity index (χ0v) is 24.3. The second kappa shape index (κ2) is 10.2. The van der Waals surface area contributed by atoms with Gasteiger partial charge in [0.1, 0.15) is 12.1 Å². The van der Waals surface area contributed by atoms with E-state index in [0.29, 0.717) is 19.4 Å². The summed E-state index contributed by atoms with van der Waals surface area (Å²) in [5.74, 6) is -2.41. The largest absolute Gasteiger partial charge is 0.363 e. The first-order chi connectivity index (χ1) is 17.3. The van der Waals surface area contributed by atoms with Crippen molar-refractivity contribution in [1.82, 2.24) is 20.9 Å². The van der Waals surface area contributed by atoms with Gasteiger partial charge in [0.25, 0.3) is 5.91 Å². The van der Waals surface area contributed by atoms with E-state index in [1.54, 1.807) is 4.90 Å². The molecule has 0 aromatic rings. The van der Waals surface area contributed by atoms with E-state index in [2.05, 4.69) is 29.8 Å². The molecule has 1 spiro atoms. The topological polar surface area (TPSA) is 151 Å². The van der Waals surface area contributed by atoms with Crippen LogP contribution in [0.15, 0.2) is 0 Å². The highest BCUT2D eigenvalue weighted by atomic mass is 16.2. The molecule has 0 radical (unpaired) electrons. The van der Waals surface area contributed by atoms with Crippen LogP contribution in [0.4, 0.5) is 4.79 Å². The van der Waals surface area contributed by atoms with Crippen LogP contribution in [-0.4, -0.2) is 64.6 Å². The summed E-state index contributed by atoms with van der Waals surface area (Å²) in [6, 6.07) is -3.15. The molecule has 0 bridgehead atoms. The Bertz CT molecular complexity index is 991. The van der Waals surface area contributed by atoms with Crippen molar-refractivity contribution in [1.29, 1.82) is 0 Å². The molecule has 5 amide bonds. The first kappa shape index (κ1) is 29.9. The van der Waals surface area contributed by atoms with E-state index < -0.39 is 52.7 Å². The van der Waals surface area contributed by atoms with Gasteiger partial charge in [-0.05, 0) is 62.2 Å². The number of carbonyl (C=O) groups is 5. The summed E-state index contributed by atoms with van der Waals surface area (Å²) in [6.07, 6.45) is 4.64. The van der Waals surface area contributed by atoms with E-state index in [1.807, 2.05) is 41.5 Å². The Labute approximate surface area is 226 Å². The number of Topliss-reactive ketones (excluding diaryl/α,β-unsaturated/α-hetero) is 1. The van der Waals surface area contributed by atoms with E-state index in [-0.39, 0.29) is 22.7 Å². The number of hydrogen-bond acceptors (Lipinski definition) is 5. The van der Waals surface area contributed by atoms with Crippen molar-refractivity contribution in [2.24, 2.45) is 27.9 Å². The Balaban J connectivity index is 1.86. The highest BCUT2D eigenvalue weighted by Gasteiger charge is 2.67. The molecular weight excluding hydrogens is 486 g/mol. The molecule has 3 rings (SSSR count). The van der Waals surface area contributed by atoms with Crippen LogP contribution in [0, 0.1) is 22.2 Å². The Morgan fingerprint density at radius 3 is 2.00 bits per heavy atom. The van der Waals surface area contributed by atoms with Crippen molar-refractivity contribution in [3.63, 3.8) is 0 Å². The molecular formula is C28H47N5O5. The number of likely N-dealkylation sites (tertiary alicyclic amines) is 1. The minimum Gasteiger partial charge on any atom is -0.363 e. The smallest absolute Gasteiger partial charge is 0.315 e. The lowest BCUT2D eigenvalue weighted by molar-refractivity contribution is -0.143. The Kier molecular flexibility index (Phi) is 7.99. The van der Waals surface area contributed by atoms with Crippen molar-refractivity contribution in [3.8, 4) is 0 Å². The molecule has 3 aliphatic rings. The minimum absolute atomic E-state index is 0.0385. The predicted octanol–water partition coefficient (Wildman–Crippen LogP) is 2.25. The molecule has 0 aromatic carbocycles. The average Bonchev–Trinajstić information content (AvgIpc) is 3.05. The number of nitrogens with two attached hydrogens (primary N) is 1. The van der Waals surface area contributed by atoms with Crippen LogP contribution in [0.5, 0.6) is 0 Å². The summed E-state index contributed by atoms with van der Waals surface area (Å²) >= 11 is 0. The standard InChI is InChI=1S/C28H47N5O5/c1-25(2,3)20(31-24(38)32-26(4,5)6)23(37)33-15-28(14-27(28,7)8)13-18(33)22(36)30-17(19(34)21(29)35)12-16-10-9-11-16/h16-18,20H,9-15H2,1-8H3,(H2,29,35)(H,30,36)(H2,31,32,38)/t17?,18-,20+,28+/m0/s1. The number of carbonyl (C=O) groups excluding carboxylic acids is 5. The van der Waals surface area contributed by atoms with Crippen molar-refractivity contribution >= 4 is 29.5 Å². The fourth-order valence-electron chi connectivity index (χ4n) is 5.92. The minimum atomic E-state index is -1.07. The number of urea groups is 1. The molecule has 4 atom stereocenters. The van der Waals surface area contributed by atoms with Gasteiger partial charge in [-0.15, -0.1) is 0 Å². The van der Waals surface area contributed by atoms with Crippen LogP contribution < -0.4 is 21.7 Å². The number of amides is 5. The Morgan fingerprint density at radius 1 is 1.00 bits per heavy atom. The van der Waals surface area contributed by atoms with Gasteiger partial charge >= 0.3 is 6.03 Å². The molecule has 1 aliphatic heterocycles. The lowest BCUT2D eigenvalue weighted by Crippen LogP contribution is -2.61. The first-order valence-corrected chi connectivity index (χ1v) is 13.8.